The minimum atomic E-state index is -3.55. The van der Waals surface area contributed by atoms with E-state index in [4.69, 9.17) is 21.1 Å². The van der Waals surface area contributed by atoms with Gasteiger partial charge in [0.25, 0.3) is 5.91 Å². The smallest absolute Gasteiger partial charge is 0.262 e. The molecule has 1 aliphatic rings. The summed E-state index contributed by atoms with van der Waals surface area (Å²) in [6.07, 6.45) is 1.72. The van der Waals surface area contributed by atoms with Crippen LogP contribution in [0.15, 0.2) is 47.4 Å². The summed E-state index contributed by atoms with van der Waals surface area (Å²) in [6.45, 7) is 0.775. The van der Waals surface area contributed by atoms with E-state index in [1.54, 1.807) is 31.4 Å². The minimum absolute atomic E-state index is 0.120. The molecule has 1 N–H and O–H groups in total. The Hall–Kier alpha value is -2.29. The maximum atomic E-state index is 12.6. The standard InChI is InChI=1S/C19H21ClN2O5S/c1-26-15-6-4-14(5-7-15)21-19(23)13-27-18-9-8-16(12-17(18)20)28(24,25)22-10-2-3-11-22/h4-9,12H,2-3,10-11,13H2,1H3,(H,21,23). The molecule has 9 heteroatoms. The molecular formula is C19H21ClN2O5S. The van der Waals surface area contributed by atoms with Crippen molar-refractivity contribution in [2.45, 2.75) is 17.7 Å². The molecule has 0 atom stereocenters. The summed E-state index contributed by atoms with van der Waals surface area (Å²) >= 11 is 6.17. The Morgan fingerprint density at radius 2 is 1.82 bits per heavy atom. The van der Waals surface area contributed by atoms with Crippen molar-refractivity contribution in [1.82, 2.24) is 4.31 Å². The van der Waals surface area contributed by atoms with Crippen molar-refractivity contribution in [3.8, 4) is 11.5 Å². The number of amides is 1. The zero-order valence-corrected chi connectivity index (χ0v) is 16.9. The average molecular weight is 425 g/mol. The topological polar surface area (TPSA) is 84.9 Å². The number of sulfonamides is 1. The highest BCUT2D eigenvalue weighted by Crippen LogP contribution is 2.30. The van der Waals surface area contributed by atoms with Crippen LogP contribution in [0, 0.1) is 0 Å². The van der Waals surface area contributed by atoms with Gasteiger partial charge in [0.05, 0.1) is 17.0 Å². The number of hydrogen-bond donors (Lipinski definition) is 1. The number of rotatable bonds is 7. The molecule has 7 nitrogen and oxygen atoms in total. The highest BCUT2D eigenvalue weighted by Gasteiger charge is 2.27. The van der Waals surface area contributed by atoms with Gasteiger partial charge < -0.3 is 14.8 Å². The van der Waals surface area contributed by atoms with Crippen LogP contribution in [0.5, 0.6) is 11.5 Å². The first-order valence-electron chi connectivity index (χ1n) is 8.76. The van der Waals surface area contributed by atoms with E-state index in [0.29, 0.717) is 24.5 Å². The van der Waals surface area contributed by atoms with E-state index in [2.05, 4.69) is 5.32 Å². The van der Waals surface area contributed by atoms with Gasteiger partial charge in [-0.1, -0.05) is 11.6 Å². The number of nitrogens with zero attached hydrogens (tertiary/aromatic N) is 1. The first kappa shape index (κ1) is 20.4. The number of hydrogen-bond acceptors (Lipinski definition) is 5. The van der Waals surface area contributed by atoms with Gasteiger partial charge in [-0.2, -0.15) is 4.31 Å². The quantitative estimate of drug-likeness (QED) is 0.738. The van der Waals surface area contributed by atoms with E-state index in [-0.39, 0.29) is 28.2 Å². The Balaban J connectivity index is 1.60. The van der Waals surface area contributed by atoms with Crippen molar-refractivity contribution >= 4 is 33.2 Å². The van der Waals surface area contributed by atoms with E-state index in [0.717, 1.165) is 12.8 Å². The van der Waals surface area contributed by atoms with E-state index in [1.807, 2.05) is 0 Å². The summed E-state index contributed by atoms with van der Waals surface area (Å²) in [5, 5.41) is 2.83. The number of ether oxygens (including phenoxy) is 2. The van der Waals surface area contributed by atoms with Gasteiger partial charge in [-0.15, -0.1) is 0 Å². The molecule has 2 aromatic carbocycles. The average Bonchev–Trinajstić information content (AvgIpc) is 3.23. The Morgan fingerprint density at radius 1 is 1.14 bits per heavy atom. The van der Waals surface area contributed by atoms with Crippen molar-refractivity contribution in [3.05, 3.63) is 47.5 Å². The van der Waals surface area contributed by atoms with Crippen molar-refractivity contribution in [3.63, 3.8) is 0 Å². The maximum Gasteiger partial charge on any atom is 0.262 e. The summed E-state index contributed by atoms with van der Waals surface area (Å²) in [5.41, 5.74) is 0.604. The van der Waals surface area contributed by atoms with E-state index >= 15 is 0 Å². The predicted molar refractivity (Wildman–Crippen MR) is 107 cm³/mol. The van der Waals surface area contributed by atoms with Gasteiger partial charge in [0, 0.05) is 18.8 Å². The van der Waals surface area contributed by atoms with Crippen LogP contribution in [-0.4, -0.2) is 45.4 Å². The Kier molecular flexibility index (Phi) is 6.43. The lowest BCUT2D eigenvalue weighted by molar-refractivity contribution is -0.118. The number of nitrogens with one attached hydrogen (secondary N) is 1. The first-order chi connectivity index (χ1) is 13.4. The molecule has 0 saturated carbocycles. The molecule has 3 rings (SSSR count). The van der Waals surface area contributed by atoms with Crippen LogP contribution < -0.4 is 14.8 Å². The minimum Gasteiger partial charge on any atom is -0.497 e. The van der Waals surface area contributed by atoms with Gasteiger partial charge in [-0.25, -0.2) is 8.42 Å². The summed E-state index contributed by atoms with van der Waals surface area (Å²) in [4.78, 5) is 12.2. The zero-order chi connectivity index (χ0) is 20.1. The Morgan fingerprint density at radius 3 is 2.43 bits per heavy atom. The lowest BCUT2D eigenvalue weighted by Gasteiger charge is -2.16. The van der Waals surface area contributed by atoms with Crippen LogP contribution in [0.3, 0.4) is 0 Å². The number of halogens is 1. The molecule has 0 radical (unpaired) electrons. The van der Waals surface area contributed by atoms with Crippen LogP contribution >= 0.6 is 11.6 Å². The largest absolute Gasteiger partial charge is 0.497 e. The third-order valence-electron chi connectivity index (χ3n) is 4.34. The lowest BCUT2D eigenvalue weighted by atomic mass is 10.3. The second kappa shape index (κ2) is 8.81. The molecule has 1 heterocycles. The number of anilines is 1. The van der Waals surface area contributed by atoms with Crippen LogP contribution in [0.1, 0.15) is 12.8 Å². The fraction of sp³-hybridized carbons (Fsp3) is 0.316. The monoisotopic (exact) mass is 424 g/mol. The third kappa shape index (κ3) is 4.76. The molecule has 0 unspecified atom stereocenters. The molecule has 150 valence electrons. The van der Waals surface area contributed by atoms with E-state index < -0.39 is 10.0 Å². The maximum absolute atomic E-state index is 12.6. The highest BCUT2D eigenvalue weighted by molar-refractivity contribution is 7.89. The number of methoxy groups -OCH3 is 1. The molecule has 0 aromatic heterocycles. The molecule has 28 heavy (non-hydrogen) atoms. The van der Waals surface area contributed by atoms with Crippen molar-refractivity contribution < 1.29 is 22.7 Å². The molecule has 2 aromatic rings. The summed E-state index contributed by atoms with van der Waals surface area (Å²) < 4.78 is 37.1. The van der Waals surface area contributed by atoms with Crippen LogP contribution in [0.25, 0.3) is 0 Å². The van der Waals surface area contributed by atoms with Gasteiger partial charge in [-0.3, -0.25) is 4.79 Å². The normalized spacial score (nSPS) is 14.6. The SMILES string of the molecule is COc1ccc(NC(=O)COc2ccc(S(=O)(=O)N3CCCC3)cc2Cl)cc1. The first-order valence-corrected chi connectivity index (χ1v) is 10.6. The number of carbonyl (C=O) groups is 1. The van der Waals surface area contributed by atoms with E-state index in [9.17, 15) is 13.2 Å². The van der Waals surface area contributed by atoms with Gasteiger partial charge in [0.1, 0.15) is 11.5 Å². The van der Waals surface area contributed by atoms with Crippen molar-refractivity contribution in [1.29, 1.82) is 0 Å². The molecule has 0 bridgehead atoms. The molecule has 1 saturated heterocycles. The second-order valence-corrected chi connectivity index (χ2v) is 8.61. The van der Waals surface area contributed by atoms with E-state index in [1.165, 1.54) is 22.5 Å². The van der Waals surface area contributed by atoms with Gasteiger partial charge in [-0.05, 0) is 55.3 Å². The summed E-state index contributed by atoms with van der Waals surface area (Å²) in [6, 6.07) is 11.1. The van der Waals surface area contributed by atoms with Crippen LogP contribution in [-0.2, 0) is 14.8 Å². The van der Waals surface area contributed by atoms with Crippen LogP contribution in [0.4, 0.5) is 5.69 Å². The zero-order valence-electron chi connectivity index (χ0n) is 15.4. The Bertz CT molecular complexity index is 941. The summed E-state index contributed by atoms with van der Waals surface area (Å²) in [7, 11) is -1.99. The lowest BCUT2D eigenvalue weighted by Crippen LogP contribution is -2.27. The molecule has 1 fully saturated rings. The number of carbonyl (C=O) groups excluding carboxylic acids is 1. The highest BCUT2D eigenvalue weighted by atomic mass is 35.5. The Labute approximate surface area is 169 Å². The fourth-order valence-electron chi connectivity index (χ4n) is 2.85. The molecule has 1 amide bonds. The van der Waals surface area contributed by atoms with Crippen molar-refractivity contribution in [2.24, 2.45) is 0 Å². The molecule has 0 aliphatic carbocycles. The molecule has 1 aliphatic heterocycles. The van der Waals surface area contributed by atoms with Gasteiger partial charge in [0.2, 0.25) is 10.0 Å². The molecular weight excluding hydrogens is 404 g/mol. The van der Waals surface area contributed by atoms with Gasteiger partial charge in [0.15, 0.2) is 6.61 Å². The predicted octanol–water partition coefficient (Wildman–Crippen LogP) is 3.15. The molecule has 0 spiro atoms. The fourth-order valence-corrected chi connectivity index (χ4v) is 4.69. The third-order valence-corrected chi connectivity index (χ3v) is 6.53. The summed E-state index contributed by atoms with van der Waals surface area (Å²) in [5.74, 6) is 0.562. The van der Waals surface area contributed by atoms with Crippen molar-refractivity contribution in [2.75, 3.05) is 32.1 Å². The van der Waals surface area contributed by atoms with Crippen LogP contribution in [0.2, 0.25) is 5.02 Å². The number of benzene rings is 2. The van der Waals surface area contributed by atoms with Gasteiger partial charge >= 0.3 is 0 Å². The second-order valence-electron chi connectivity index (χ2n) is 6.27.